The first-order valence-corrected chi connectivity index (χ1v) is 9.15. The van der Waals surface area contributed by atoms with Gasteiger partial charge in [-0.05, 0) is 49.7 Å². The zero-order valence-corrected chi connectivity index (χ0v) is 16.3. The van der Waals surface area contributed by atoms with Gasteiger partial charge in [-0.2, -0.15) is 5.10 Å². The van der Waals surface area contributed by atoms with E-state index in [1.54, 1.807) is 16.7 Å². The number of rotatable bonds is 3. The summed E-state index contributed by atoms with van der Waals surface area (Å²) in [6.45, 7) is 4.39. The Balaban J connectivity index is 1.67. The van der Waals surface area contributed by atoms with Crippen LogP contribution < -0.4 is 5.56 Å². The summed E-state index contributed by atoms with van der Waals surface area (Å²) in [6.07, 6.45) is 1.51. The Kier molecular flexibility index (Phi) is 4.50. The van der Waals surface area contributed by atoms with E-state index in [9.17, 15) is 4.79 Å². The highest BCUT2D eigenvalue weighted by Gasteiger charge is 2.10. The van der Waals surface area contributed by atoms with Crippen LogP contribution >= 0.6 is 23.2 Å². The van der Waals surface area contributed by atoms with Crippen molar-refractivity contribution in [1.29, 1.82) is 0 Å². The number of fused-ring (bicyclic) bond motifs is 1. The van der Waals surface area contributed by atoms with Crippen LogP contribution in [0.25, 0.3) is 16.6 Å². The maximum atomic E-state index is 12.8. The number of halogens is 2. The number of aromatic nitrogens is 4. The molecule has 0 N–H and O–H groups in total. The first-order chi connectivity index (χ1) is 12.9. The van der Waals surface area contributed by atoms with Crippen molar-refractivity contribution in [3.05, 3.63) is 86.1 Å². The Morgan fingerprint density at radius 3 is 2.44 bits per heavy atom. The van der Waals surface area contributed by atoms with Gasteiger partial charge in [-0.25, -0.2) is 9.67 Å². The predicted octanol–water partition coefficient (Wildman–Crippen LogP) is 4.55. The molecule has 2 heterocycles. The van der Waals surface area contributed by atoms with Gasteiger partial charge < -0.3 is 0 Å². The number of benzene rings is 2. The molecule has 7 heteroatoms. The summed E-state index contributed by atoms with van der Waals surface area (Å²) in [4.78, 5) is 17.1. The number of aryl methyl sites for hydroxylation is 2. The van der Waals surface area contributed by atoms with E-state index in [0.717, 1.165) is 22.6 Å². The highest BCUT2D eigenvalue weighted by atomic mass is 35.5. The van der Waals surface area contributed by atoms with Crippen molar-refractivity contribution in [2.24, 2.45) is 0 Å². The third kappa shape index (κ3) is 3.36. The van der Waals surface area contributed by atoms with Crippen molar-refractivity contribution < 1.29 is 0 Å². The average molecular weight is 399 g/mol. The van der Waals surface area contributed by atoms with Gasteiger partial charge in [0.2, 0.25) is 0 Å². The van der Waals surface area contributed by atoms with E-state index in [0.29, 0.717) is 27.5 Å². The van der Waals surface area contributed by atoms with E-state index in [1.165, 1.54) is 6.33 Å². The molecule has 0 aliphatic rings. The third-order valence-electron chi connectivity index (χ3n) is 4.39. The zero-order valence-electron chi connectivity index (χ0n) is 14.8. The largest absolute Gasteiger partial charge is 0.294 e. The lowest BCUT2D eigenvalue weighted by atomic mass is 10.2. The minimum atomic E-state index is -0.174. The van der Waals surface area contributed by atoms with Crippen molar-refractivity contribution in [3.63, 3.8) is 0 Å². The van der Waals surface area contributed by atoms with Crippen LogP contribution in [0.15, 0.2) is 53.6 Å². The van der Waals surface area contributed by atoms with Gasteiger partial charge in [-0.1, -0.05) is 35.3 Å². The van der Waals surface area contributed by atoms with Crippen LogP contribution in [0.3, 0.4) is 0 Å². The Morgan fingerprint density at radius 1 is 1.04 bits per heavy atom. The molecule has 4 rings (SSSR count). The molecule has 0 saturated heterocycles. The van der Waals surface area contributed by atoms with E-state index in [-0.39, 0.29) is 5.56 Å². The van der Waals surface area contributed by atoms with Crippen molar-refractivity contribution in [2.75, 3.05) is 0 Å². The van der Waals surface area contributed by atoms with Gasteiger partial charge in [-0.15, -0.1) is 0 Å². The molecule has 2 aromatic heterocycles. The highest BCUT2D eigenvalue weighted by Crippen LogP contribution is 2.24. The van der Waals surface area contributed by atoms with E-state index in [2.05, 4.69) is 10.1 Å². The fraction of sp³-hybridized carbons (Fsp3) is 0.150. The second kappa shape index (κ2) is 6.83. The van der Waals surface area contributed by atoms with Crippen LogP contribution in [0.4, 0.5) is 0 Å². The predicted molar refractivity (Wildman–Crippen MR) is 108 cm³/mol. The summed E-state index contributed by atoms with van der Waals surface area (Å²) in [7, 11) is 0. The van der Waals surface area contributed by atoms with Crippen molar-refractivity contribution in [2.45, 2.75) is 20.4 Å². The molecule has 0 saturated carbocycles. The SMILES string of the molecule is Cc1cc(C)n(-c2ccc(Cn3cnc4c(Cl)cc(Cl)cc4c3=O)cc2)n1. The molecule has 136 valence electrons. The van der Waals surface area contributed by atoms with Crippen LogP contribution in [-0.4, -0.2) is 19.3 Å². The van der Waals surface area contributed by atoms with Gasteiger partial charge >= 0.3 is 0 Å². The summed E-state index contributed by atoms with van der Waals surface area (Å²) >= 11 is 12.2. The molecule has 0 atom stereocenters. The lowest BCUT2D eigenvalue weighted by Gasteiger charge is -2.09. The number of hydrogen-bond acceptors (Lipinski definition) is 3. The van der Waals surface area contributed by atoms with E-state index >= 15 is 0 Å². The van der Waals surface area contributed by atoms with Gasteiger partial charge in [0.05, 0.1) is 40.2 Å². The normalized spacial score (nSPS) is 11.3. The Hall–Kier alpha value is -2.63. The quantitative estimate of drug-likeness (QED) is 0.508. The summed E-state index contributed by atoms with van der Waals surface area (Å²) in [6, 6.07) is 13.1. The second-order valence-electron chi connectivity index (χ2n) is 6.47. The summed E-state index contributed by atoms with van der Waals surface area (Å²) in [5.41, 5.74) is 4.30. The Morgan fingerprint density at radius 2 is 1.78 bits per heavy atom. The summed E-state index contributed by atoms with van der Waals surface area (Å²) in [5.74, 6) is 0. The first kappa shape index (κ1) is 17.8. The molecule has 0 aliphatic carbocycles. The summed E-state index contributed by atoms with van der Waals surface area (Å²) < 4.78 is 3.44. The molecule has 0 unspecified atom stereocenters. The number of hydrogen-bond donors (Lipinski definition) is 0. The van der Waals surface area contributed by atoms with E-state index in [4.69, 9.17) is 23.2 Å². The summed E-state index contributed by atoms with van der Waals surface area (Å²) in [5, 5.41) is 5.68. The van der Waals surface area contributed by atoms with Crippen LogP contribution in [0, 0.1) is 13.8 Å². The van der Waals surface area contributed by atoms with E-state index < -0.39 is 0 Å². The minimum Gasteiger partial charge on any atom is -0.294 e. The molecule has 27 heavy (non-hydrogen) atoms. The van der Waals surface area contributed by atoms with Gasteiger partial charge in [0.1, 0.15) is 0 Å². The maximum absolute atomic E-state index is 12.8. The molecule has 0 spiro atoms. The molecule has 0 bridgehead atoms. The average Bonchev–Trinajstić information content (AvgIpc) is 2.97. The second-order valence-corrected chi connectivity index (χ2v) is 7.31. The molecule has 0 aliphatic heterocycles. The fourth-order valence-corrected chi connectivity index (χ4v) is 3.68. The van der Waals surface area contributed by atoms with Crippen LogP contribution in [0.2, 0.25) is 10.0 Å². The lowest BCUT2D eigenvalue weighted by molar-refractivity contribution is 0.747. The molecule has 0 amide bonds. The van der Waals surface area contributed by atoms with E-state index in [1.807, 2.05) is 48.9 Å². The lowest BCUT2D eigenvalue weighted by Crippen LogP contribution is -2.21. The minimum absolute atomic E-state index is 0.174. The first-order valence-electron chi connectivity index (χ1n) is 8.39. The molecule has 4 aromatic rings. The van der Waals surface area contributed by atoms with Gasteiger partial charge in [0.25, 0.3) is 5.56 Å². The van der Waals surface area contributed by atoms with Crippen LogP contribution in [0.1, 0.15) is 17.0 Å². The molecule has 2 aromatic carbocycles. The third-order valence-corrected chi connectivity index (χ3v) is 4.90. The Labute approximate surface area is 165 Å². The smallest absolute Gasteiger partial charge is 0.261 e. The zero-order chi connectivity index (χ0) is 19.1. The fourth-order valence-electron chi connectivity index (χ4n) is 3.14. The standard InChI is InChI=1S/C20H16Cl2N4O/c1-12-7-13(2)26(24-12)16-5-3-14(4-6-16)10-25-11-23-19-17(20(25)27)8-15(21)9-18(19)22/h3-9,11H,10H2,1-2H3. The van der Waals surface area contributed by atoms with Gasteiger partial charge in [0, 0.05) is 10.7 Å². The molecule has 0 radical (unpaired) electrons. The molecule has 0 fully saturated rings. The highest BCUT2D eigenvalue weighted by molar-refractivity contribution is 6.38. The van der Waals surface area contributed by atoms with Crippen molar-refractivity contribution in [1.82, 2.24) is 19.3 Å². The Bertz CT molecular complexity index is 1210. The number of nitrogens with zero attached hydrogens (tertiary/aromatic N) is 4. The molecular formula is C20H16Cl2N4O. The molecular weight excluding hydrogens is 383 g/mol. The maximum Gasteiger partial charge on any atom is 0.261 e. The monoisotopic (exact) mass is 398 g/mol. The van der Waals surface area contributed by atoms with Crippen LogP contribution in [-0.2, 0) is 6.54 Å². The van der Waals surface area contributed by atoms with Crippen molar-refractivity contribution >= 4 is 34.1 Å². The van der Waals surface area contributed by atoms with Gasteiger partial charge in [0.15, 0.2) is 0 Å². The van der Waals surface area contributed by atoms with Crippen LogP contribution in [0.5, 0.6) is 0 Å². The van der Waals surface area contributed by atoms with Gasteiger partial charge in [-0.3, -0.25) is 9.36 Å². The van der Waals surface area contributed by atoms with Crippen molar-refractivity contribution in [3.8, 4) is 5.69 Å². The molecule has 5 nitrogen and oxygen atoms in total. The topological polar surface area (TPSA) is 52.7 Å².